The molecule has 0 bridgehead atoms. The number of rotatable bonds is 2. The lowest BCUT2D eigenvalue weighted by Crippen LogP contribution is -2.05. The zero-order valence-electron chi connectivity index (χ0n) is 6.15. The number of nitrogen functional groups attached to an aromatic ring is 1. The molecule has 0 aliphatic heterocycles. The van der Waals surface area contributed by atoms with Crippen molar-refractivity contribution in [3.8, 4) is 11.3 Å². The first-order valence-electron chi connectivity index (χ1n) is 3.35. The van der Waals surface area contributed by atoms with Crippen LogP contribution in [0.1, 0.15) is 0 Å². The first kappa shape index (κ1) is 7.33. The summed E-state index contributed by atoms with van der Waals surface area (Å²) in [6.07, 6.45) is 3.26. The number of hydrogen-bond acceptors (Lipinski definition) is 5. The number of nitrogens with two attached hydrogens (primary N) is 1. The van der Waals surface area contributed by atoms with Gasteiger partial charge in [-0.3, -0.25) is 5.43 Å². The van der Waals surface area contributed by atoms with Crippen molar-refractivity contribution in [1.82, 2.24) is 4.98 Å². The molecule has 0 aliphatic rings. The fourth-order valence-electron chi connectivity index (χ4n) is 0.883. The predicted molar refractivity (Wildman–Crippen MR) is 47.6 cm³/mol. The third-order valence-corrected chi connectivity index (χ3v) is 2.22. The Morgan fingerprint density at radius 2 is 2.50 bits per heavy atom. The normalized spacial score (nSPS) is 10.1. The number of hydrogen-bond donors (Lipinski definition) is 2. The third-order valence-electron chi connectivity index (χ3n) is 1.44. The summed E-state index contributed by atoms with van der Waals surface area (Å²) in [4.78, 5) is 4.19. The van der Waals surface area contributed by atoms with E-state index in [0.717, 1.165) is 11.3 Å². The molecule has 4 nitrogen and oxygen atoms in total. The maximum atomic E-state index is 5.19. The summed E-state index contributed by atoms with van der Waals surface area (Å²) in [7, 11) is 0. The van der Waals surface area contributed by atoms with E-state index < -0.39 is 0 Å². The van der Waals surface area contributed by atoms with E-state index in [-0.39, 0.29) is 0 Å². The topological polar surface area (TPSA) is 64.1 Å². The number of aromatic nitrogens is 1. The van der Waals surface area contributed by atoms with E-state index in [1.807, 2.05) is 11.4 Å². The molecule has 0 amide bonds. The van der Waals surface area contributed by atoms with Gasteiger partial charge in [-0.2, -0.15) is 0 Å². The van der Waals surface area contributed by atoms with Crippen molar-refractivity contribution < 1.29 is 4.42 Å². The molecule has 2 rings (SSSR count). The molecule has 0 atom stereocenters. The number of hydrazine groups is 1. The molecule has 2 aromatic heterocycles. The molecule has 12 heavy (non-hydrogen) atoms. The molecule has 0 fully saturated rings. The number of furan rings is 1. The van der Waals surface area contributed by atoms with Crippen LogP contribution in [0.15, 0.2) is 28.4 Å². The zero-order valence-corrected chi connectivity index (χ0v) is 6.97. The molecule has 0 spiro atoms. The summed E-state index contributed by atoms with van der Waals surface area (Å²) in [5.74, 6) is 5.19. The molecule has 2 heterocycles. The van der Waals surface area contributed by atoms with Gasteiger partial charge in [0.1, 0.15) is 0 Å². The fourth-order valence-corrected chi connectivity index (χ4v) is 1.51. The standard InChI is InChI=1S/C7H7N3OS/c8-10-7-9-6(4-12-7)5-1-2-11-3-5/h1-4H,8H2,(H,9,10). The summed E-state index contributed by atoms with van der Waals surface area (Å²) >= 11 is 1.46. The Morgan fingerprint density at radius 3 is 3.08 bits per heavy atom. The fraction of sp³-hybridized carbons (Fsp3) is 0. The molecule has 0 aliphatic carbocycles. The summed E-state index contributed by atoms with van der Waals surface area (Å²) in [6, 6.07) is 1.86. The van der Waals surface area contributed by atoms with Crippen molar-refractivity contribution in [1.29, 1.82) is 0 Å². The van der Waals surface area contributed by atoms with Gasteiger partial charge in [0.2, 0.25) is 0 Å². The lowest BCUT2D eigenvalue weighted by molar-refractivity contribution is 0.568. The Kier molecular flexibility index (Phi) is 1.81. The van der Waals surface area contributed by atoms with Gasteiger partial charge in [0.05, 0.1) is 18.2 Å². The van der Waals surface area contributed by atoms with E-state index >= 15 is 0 Å². The Hall–Kier alpha value is -1.33. The van der Waals surface area contributed by atoms with E-state index in [2.05, 4.69) is 10.4 Å². The molecule has 0 saturated carbocycles. The first-order valence-corrected chi connectivity index (χ1v) is 4.23. The largest absolute Gasteiger partial charge is 0.472 e. The summed E-state index contributed by atoms with van der Waals surface area (Å²) in [6.45, 7) is 0. The molecule has 0 radical (unpaired) electrons. The van der Waals surface area contributed by atoms with Crippen molar-refractivity contribution >= 4 is 16.5 Å². The van der Waals surface area contributed by atoms with Gasteiger partial charge in [0.25, 0.3) is 0 Å². The van der Waals surface area contributed by atoms with Gasteiger partial charge < -0.3 is 4.42 Å². The van der Waals surface area contributed by atoms with Crippen LogP contribution in [0.2, 0.25) is 0 Å². The second-order valence-electron chi connectivity index (χ2n) is 2.19. The molecule has 62 valence electrons. The van der Waals surface area contributed by atoms with Gasteiger partial charge in [0, 0.05) is 10.9 Å². The van der Waals surface area contributed by atoms with Crippen LogP contribution in [-0.4, -0.2) is 4.98 Å². The van der Waals surface area contributed by atoms with Crippen LogP contribution in [0.3, 0.4) is 0 Å². The lowest BCUT2D eigenvalue weighted by Gasteiger charge is -1.88. The van der Waals surface area contributed by atoms with Crippen LogP contribution in [-0.2, 0) is 0 Å². The minimum atomic E-state index is 0.700. The molecule has 2 aromatic rings. The van der Waals surface area contributed by atoms with Gasteiger partial charge in [-0.05, 0) is 6.07 Å². The van der Waals surface area contributed by atoms with Gasteiger partial charge in [-0.1, -0.05) is 0 Å². The van der Waals surface area contributed by atoms with Crippen molar-refractivity contribution in [2.75, 3.05) is 5.43 Å². The highest BCUT2D eigenvalue weighted by atomic mass is 32.1. The lowest BCUT2D eigenvalue weighted by atomic mass is 10.3. The monoisotopic (exact) mass is 181 g/mol. The number of nitrogens with one attached hydrogen (secondary N) is 1. The highest BCUT2D eigenvalue weighted by Crippen LogP contribution is 2.24. The maximum Gasteiger partial charge on any atom is 0.197 e. The van der Waals surface area contributed by atoms with Crippen molar-refractivity contribution in [2.24, 2.45) is 5.84 Å². The highest BCUT2D eigenvalue weighted by molar-refractivity contribution is 7.14. The molecule has 5 heteroatoms. The van der Waals surface area contributed by atoms with Crippen molar-refractivity contribution in [3.63, 3.8) is 0 Å². The number of anilines is 1. The molecule has 3 N–H and O–H groups in total. The maximum absolute atomic E-state index is 5.19. The van der Waals surface area contributed by atoms with Gasteiger partial charge in [-0.15, -0.1) is 11.3 Å². The second kappa shape index (κ2) is 2.96. The van der Waals surface area contributed by atoms with Gasteiger partial charge in [-0.25, -0.2) is 10.8 Å². The van der Waals surface area contributed by atoms with Crippen LogP contribution in [0.25, 0.3) is 11.3 Å². The van der Waals surface area contributed by atoms with E-state index in [1.165, 1.54) is 11.3 Å². The van der Waals surface area contributed by atoms with Crippen molar-refractivity contribution in [2.45, 2.75) is 0 Å². The Balaban J connectivity index is 2.35. The van der Waals surface area contributed by atoms with Crippen LogP contribution >= 0.6 is 11.3 Å². The van der Waals surface area contributed by atoms with Crippen LogP contribution in [0.5, 0.6) is 0 Å². The summed E-state index contributed by atoms with van der Waals surface area (Å²) < 4.78 is 4.92. The van der Waals surface area contributed by atoms with Gasteiger partial charge in [0.15, 0.2) is 5.13 Å². The highest BCUT2D eigenvalue weighted by Gasteiger charge is 2.03. The van der Waals surface area contributed by atoms with Crippen LogP contribution in [0.4, 0.5) is 5.13 Å². The van der Waals surface area contributed by atoms with Crippen LogP contribution in [0, 0.1) is 0 Å². The average molecular weight is 181 g/mol. The molecule has 0 unspecified atom stereocenters. The van der Waals surface area contributed by atoms with E-state index in [4.69, 9.17) is 10.3 Å². The molecule has 0 aromatic carbocycles. The SMILES string of the molecule is NNc1nc(-c2ccoc2)cs1. The number of nitrogens with zero attached hydrogens (tertiary/aromatic N) is 1. The van der Waals surface area contributed by atoms with E-state index in [9.17, 15) is 0 Å². The Labute approximate surface area is 73.0 Å². The average Bonchev–Trinajstić information content (AvgIpc) is 2.75. The van der Waals surface area contributed by atoms with E-state index in [1.54, 1.807) is 12.5 Å². The third kappa shape index (κ3) is 1.19. The zero-order chi connectivity index (χ0) is 8.39. The first-order chi connectivity index (χ1) is 5.90. The van der Waals surface area contributed by atoms with Crippen LogP contribution < -0.4 is 11.3 Å². The minimum absolute atomic E-state index is 0.700. The quantitative estimate of drug-likeness (QED) is 0.546. The van der Waals surface area contributed by atoms with Gasteiger partial charge >= 0.3 is 0 Å². The summed E-state index contributed by atoms with van der Waals surface area (Å²) in [5.41, 5.74) is 4.33. The smallest absolute Gasteiger partial charge is 0.197 e. The number of thiazole rings is 1. The Morgan fingerprint density at radius 1 is 1.58 bits per heavy atom. The summed E-state index contributed by atoms with van der Waals surface area (Å²) in [5, 5.41) is 2.62. The molecular weight excluding hydrogens is 174 g/mol. The molecule has 0 saturated heterocycles. The molecular formula is C7H7N3OS. The van der Waals surface area contributed by atoms with Crippen molar-refractivity contribution in [3.05, 3.63) is 24.0 Å². The van der Waals surface area contributed by atoms with E-state index in [0.29, 0.717) is 5.13 Å². The second-order valence-corrected chi connectivity index (χ2v) is 3.05. The predicted octanol–water partition coefficient (Wildman–Crippen LogP) is 1.69. The Bertz CT molecular complexity index is 354. The minimum Gasteiger partial charge on any atom is -0.472 e.